The van der Waals surface area contributed by atoms with E-state index in [0.717, 1.165) is 6.07 Å². The van der Waals surface area contributed by atoms with Crippen molar-refractivity contribution in [3.05, 3.63) is 72.3 Å². The Labute approximate surface area is 150 Å². The first kappa shape index (κ1) is 16.5. The average Bonchev–Trinajstić information content (AvgIpc) is 3.32. The maximum Gasteiger partial charge on any atom is 0.316 e. The summed E-state index contributed by atoms with van der Waals surface area (Å²) in [6.07, 6.45) is 1.51. The van der Waals surface area contributed by atoms with Gasteiger partial charge in [-0.1, -0.05) is 16.4 Å². The highest BCUT2D eigenvalue weighted by molar-refractivity contribution is 6.01. The van der Waals surface area contributed by atoms with Crippen molar-refractivity contribution in [2.24, 2.45) is 0 Å². The molecule has 8 nitrogen and oxygen atoms in total. The molecule has 0 saturated carbocycles. The Morgan fingerprint density at radius 1 is 1.07 bits per heavy atom. The third kappa shape index (κ3) is 3.54. The molecule has 2 heterocycles. The maximum absolute atomic E-state index is 13.2. The van der Waals surface area contributed by atoms with Gasteiger partial charge in [0.05, 0.1) is 11.9 Å². The Bertz CT molecular complexity index is 1110. The summed E-state index contributed by atoms with van der Waals surface area (Å²) in [4.78, 5) is 16.1. The smallest absolute Gasteiger partial charge is 0.316 e. The number of halogens is 2. The second-order valence-corrected chi connectivity index (χ2v) is 5.41. The summed E-state index contributed by atoms with van der Waals surface area (Å²) >= 11 is 0. The molecule has 0 bridgehead atoms. The molecule has 134 valence electrons. The zero-order valence-corrected chi connectivity index (χ0v) is 13.5. The minimum absolute atomic E-state index is 0.0488. The number of hydrogen-bond donors (Lipinski definition) is 1. The molecule has 0 spiro atoms. The van der Waals surface area contributed by atoms with Gasteiger partial charge in [-0.05, 0) is 42.5 Å². The van der Waals surface area contributed by atoms with E-state index in [4.69, 9.17) is 4.52 Å². The lowest BCUT2D eigenvalue weighted by Crippen LogP contribution is -2.12. The van der Waals surface area contributed by atoms with Crippen LogP contribution in [0.25, 0.3) is 17.2 Å². The second kappa shape index (κ2) is 6.75. The highest BCUT2D eigenvalue weighted by Gasteiger charge is 2.18. The van der Waals surface area contributed by atoms with Gasteiger partial charge in [-0.3, -0.25) is 4.79 Å². The predicted molar refractivity (Wildman–Crippen MR) is 89.0 cm³/mol. The van der Waals surface area contributed by atoms with Crippen molar-refractivity contribution in [2.75, 3.05) is 5.32 Å². The summed E-state index contributed by atoms with van der Waals surface area (Å²) in [6.45, 7) is 0. The van der Waals surface area contributed by atoms with Crippen molar-refractivity contribution in [3.63, 3.8) is 0 Å². The van der Waals surface area contributed by atoms with Crippen LogP contribution in [0.15, 0.2) is 59.3 Å². The monoisotopic (exact) mass is 368 g/mol. The summed E-state index contributed by atoms with van der Waals surface area (Å²) in [7, 11) is 0. The SMILES string of the molecule is O=C(Nc1cccc(F)c1)c1nc(-c2cn(-c3ccc(F)cc3)nn2)no1. The number of nitrogens with one attached hydrogen (secondary N) is 1. The fourth-order valence-electron chi connectivity index (χ4n) is 2.26. The van der Waals surface area contributed by atoms with E-state index >= 15 is 0 Å². The zero-order chi connectivity index (χ0) is 18.8. The van der Waals surface area contributed by atoms with Crippen molar-refractivity contribution >= 4 is 11.6 Å². The van der Waals surface area contributed by atoms with E-state index in [2.05, 4.69) is 25.8 Å². The van der Waals surface area contributed by atoms with Crippen LogP contribution in [0.2, 0.25) is 0 Å². The van der Waals surface area contributed by atoms with E-state index in [1.807, 2.05) is 0 Å². The third-order valence-electron chi connectivity index (χ3n) is 3.52. The van der Waals surface area contributed by atoms with Gasteiger partial charge in [0, 0.05) is 5.69 Å². The van der Waals surface area contributed by atoms with Crippen LogP contribution >= 0.6 is 0 Å². The number of nitrogens with zero attached hydrogens (tertiary/aromatic N) is 5. The fourth-order valence-corrected chi connectivity index (χ4v) is 2.26. The molecule has 0 aliphatic heterocycles. The Morgan fingerprint density at radius 3 is 2.67 bits per heavy atom. The van der Waals surface area contributed by atoms with Gasteiger partial charge in [0.2, 0.25) is 5.82 Å². The molecule has 0 saturated heterocycles. The standard InChI is InChI=1S/C17H10F2N6O2/c18-10-4-6-13(7-5-10)25-9-14(22-24-25)15-21-17(27-23-15)16(26)20-12-3-1-2-11(19)8-12/h1-9H,(H,20,26). The first-order chi connectivity index (χ1) is 13.1. The minimum Gasteiger partial charge on any atom is -0.328 e. The number of anilines is 1. The highest BCUT2D eigenvalue weighted by Crippen LogP contribution is 2.16. The van der Waals surface area contributed by atoms with E-state index in [9.17, 15) is 13.6 Å². The zero-order valence-electron chi connectivity index (χ0n) is 13.5. The molecule has 0 aliphatic rings. The quantitative estimate of drug-likeness (QED) is 0.595. The van der Waals surface area contributed by atoms with Crippen LogP contribution in [0, 0.1) is 11.6 Å². The topological polar surface area (TPSA) is 98.7 Å². The van der Waals surface area contributed by atoms with E-state index < -0.39 is 11.7 Å². The van der Waals surface area contributed by atoms with Crippen molar-refractivity contribution in [3.8, 4) is 17.2 Å². The van der Waals surface area contributed by atoms with Gasteiger partial charge < -0.3 is 9.84 Å². The number of carbonyl (C=O) groups is 1. The van der Waals surface area contributed by atoms with Crippen LogP contribution in [-0.4, -0.2) is 31.0 Å². The van der Waals surface area contributed by atoms with E-state index in [-0.39, 0.29) is 28.9 Å². The molecule has 1 N–H and O–H groups in total. The van der Waals surface area contributed by atoms with Crippen LogP contribution < -0.4 is 5.32 Å². The number of benzene rings is 2. The van der Waals surface area contributed by atoms with Crippen LogP contribution in [0.5, 0.6) is 0 Å². The number of hydrogen-bond acceptors (Lipinski definition) is 6. The lowest BCUT2D eigenvalue weighted by atomic mass is 10.3. The fraction of sp³-hybridized carbons (Fsp3) is 0. The van der Waals surface area contributed by atoms with E-state index in [1.54, 1.807) is 0 Å². The number of rotatable bonds is 4. The molecule has 10 heteroatoms. The van der Waals surface area contributed by atoms with Gasteiger partial charge >= 0.3 is 11.8 Å². The molecular weight excluding hydrogens is 358 g/mol. The molecule has 2 aromatic heterocycles. The molecule has 4 rings (SSSR count). The molecule has 0 fully saturated rings. The minimum atomic E-state index is -0.690. The summed E-state index contributed by atoms with van der Waals surface area (Å²) in [6, 6.07) is 11.0. The van der Waals surface area contributed by atoms with Crippen molar-refractivity contribution in [1.82, 2.24) is 25.1 Å². The Balaban J connectivity index is 1.52. The van der Waals surface area contributed by atoms with Crippen LogP contribution in [0.3, 0.4) is 0 Å². The van der Waals surface area contributed by atoms with Gasteiger partial charge in [0.1, 0.15) is 11.6 Å². The Hall–Kier alpha value is -3.95. The molecule has 1 amide bonds. The van der Waals surface area contributed by atoms with Gasteiger partial charge in [0.15, 0.2) is 5.69 Å². The first-order valence-electron chi connectivity index (χ1n) is 7.68. The van der Waals surface area contributed by atoms with Crippen LogP contribution in [0.4, 0.5) is 14.5 Å². The Kier molecular flexibility index (Phi) is 4.13. The summed E-state index contributed by atoms with van der Waals surface area (Å²) in [5, 5.41) is 13.9. The van der Waals surface area contributed by atoms with Gasteiger partial charge in [-0.25, -0.2) is 13.5 Å². The molecule has 0 unspecified atom stereocenters. The third-order valence-corrected chi connectivity index (χ3v) is 3.52. The molecule has 4 aromatic rings. The summed E-state index contributed by atoms with van der Waals surface area (Å²) in [5.41, 5.74) is 1.10. The van der Waals surface area contributed by atoms with Crippen LogP contribution in [-0.2, 0) is 0 Å². The van der Waals surface area contributed by atoms with Gasteiger partial charge in [-0.15, -0.1) is 5.10 Å². The molecule has 27 heavy (non-hydrogen) atoms. The lowest BCUT2D eigenvalue weighted by molar-refractivity contribution is 0.0981. The lowest BCUT2D eigenvalue weighted by Gasteiger charge is -2.00. The normalized spacial score (nSPS) is 10.7. The highest BCUT2D eigenvalue weighted by atomic mass is 19.1. The molecule has 0 radical (unpaired) electrons. The van der Waals surface area contributed by atoms with Crippen LogP contribution in [0.1, 0.15) is 10.7 Å². The summed E-state index contributed by atoms with van der Waals surface area (Å²) in [5.74, 6) is -1.81. The van der Waals surface area contributed by atoms with Gasteiger partial charge in [-0.2, -0.15) is 4.98 Å². The molecule has 0 aliphatic carbocycles. The average molecular weight is 368 g/mol. The molecule has 2 aromatic carbocycles. The Morgan fingerprint density at radius 2 is 1.89 bits per heavy atom. The summed E-state index contributed by atoms with van der Waals surface area (Å²) < 4.78 is 32.5. The maximum atomic E-state index is 13.2. The first-order valence-corrected chi connectivity index (χ1v) is 7.68. The molecule has 0 atom stereocenters. The predicted octanol–water partition coefficient (Wildman–Crippen LogP) is 2.85. The van der Waals surface area contributed by atoms with E-state index in [1.165, 1.54) is 53.3 Å². The van der Waals surface area contributed by atoms with Crippen molar-refractivity contribution < 1.29 is 18.1 Å². The number of amides is 1. The van der Waals surface area contributed by atoms with Crippen molar-refractivity contribution in [2.45, 2.75) is 0 Å². The largest absolute Gasteiger partial charge is 0.328 e. The number of carbonyl (C=O) groups excluding carboxylic acids is 1. The molecular formula is C17H10F2N6O2. The van der Waals surface area contributed by atoms with E-state index in [0.29, 0.717) is 5.69 Å². The van der Waals surface area contributed by atoms with Gasteiger partial charge in [0.25, 0.3) is 0 Å². The van der Waals surface area contributed by atoms with Crippen molar-refractivity contribution in [1.29, 1.82) is 0 Å². The number of aromatic nitrogens is 5. The second-order valence-electron chi connectivity index (χ2n) is 5.41.